The van der Waals surface area contributed by atoms with Crippen LogP contribution < -0.4 is 15.4 Å². The first-order valence-electron chi connectivity index (χ1n) is 5.20. The maximum Gasteiger partial charge on any atom is 0.120 e. The van der Waals surface area contributed by atoms with Crippen LogP contribution >= 0.6 is 0 Å². The summed E-state index contributed by atoms with van der Waals surface area (Å²) in [5, 5.41) is 0. The predicted molar refractivity (Wildman–Crippen MR) is 64.4 cm³/mol. The molecule has 84 valence electrons. The molecule has 0 bridgehead atoms. The van der Waals surface area contributed by atoms with Crippen molar-refractivity contribution < 1.29 is 4.74 Å². The van der Waals surface area contributed by atoms with Crippen LogP contribution in [-0.4, -0.2) is 20.2 Å². The summed E-state index contributed by atoms with van der Waals surface area (Å²) in [6, 6.07) is 6.44. The van der Waals surface area contributed by atoms with E-state index in [1.165, 1.54) is 0 Å². The molecule has 3 heteroatoms. The van der Waals surface area contributed by atoms with E-state index >= 15 is 0 Å². The minimum Gasteiger partial charge on any atom is -0.497 e. The lowest BCUT2D eigenvalue weighted by atomic mass is 10.1. The molecule has 0 aliphatic heterocycles. The molecule has 0 spiro atoms. The zero-order valence-electron chi connectivity index (χ0n) is 9.95. The van der Waals surface area contributed by atoms with Gasteiger partial charge in [0.05, 0.1) is 7.11 Å². The second-order valence-corrected chi connectivity index (χ2v) is 3.90. The number of hydrogen-bond donors (Lipinski definition) is 1. The number of anilines is 1. The molecule has 0 amide bonds. The van der Waals surface area contributed by atoms with E-state index in [2.05, 4.69) is 25.8 Å². The van der Waals surface area contributed by atoms with Crippen LogP contribution in [0.1, 0.15) is 19.4 Å². The Morgan fingerprint density at radius 1 is 1.40 bits per heavy atom. The second-order valence-electron chi connectivity index (χ2n) is 3.90. The number of hydrogen-bond acceptors (Lipinski definition) is 3. The van der Waals surface area contributed by atoms with Gasteiger partial charge in [-0.2, -0.15) is 0 Å². The monoisotopic (exact) mass is 208 g/mol. The third-order valence-electron chi connectivity index (χ3n) is 2.67. The van der Waals surface area contributed by atoms with Gasteiger partial charge in [-0.05, 0) is 25.5 Å². The zero-order valence-corrected chi connectivity index (χ0v) is 9.95. The number of methoxy groups -OCH3 is 1. The zero-order chi connectivity index (χ0) is 11.4. The van der Waals surface area contributed by atoms with Gasteiger partial charge in [-0.25, -0.2) is 0 Å². The molecule has 1 aromatic carbocycles. The van der Waals surface area contributed by atoms with E-state index in [9.17, 15) is 0 Å². The topological polar surface area (TPSA) is 38.5 Å². The molecule has 2 N–H and O–H groups in total. The highest BCUT2D eigenvalue weighted by Gasteiger charge is 2.10. The fourth-order valence-electron chi connectivity index (χ4n) is 1.45. The van der Waals surface area contributed by atoms with Crippen molar-refractivity contribution in [3.63, 3.8) is 0 Å². The first-order chi connectivity index (χ1) is 7.10. The van der Waals surface area contributed by atoms with Crippen LogP contribution in [0, 0.1) is 0 Å². The smallest absolute Gasteiger partial charge is 0.120 e. The van der Waals surface area contributed by atoms with Gasteiger partial charge in [-0.1, -0.05) is 6.07 Å². The van der Waals surface area contributed by atoms with Crippen molar-refractivity contribution in [1.82, 2.24) is 0 Å². The van der Waals surface area contributed by atoms with Gasteiger partial charge in [0.1, 0.15) is 5.75 Å². The highest BCUT2D eigenvalue weighted by molar-refractivity contribution is 5.57. The largest absolute Gasteiger partial charge is 0.497 e. The van der Waals surface area contributed by atoms with Gasteiger partial charge in [-0.3, -0.25) is 0 Å². The Hall–Kier alpha value is -1.22. The van der Waals surface area contributed by atoms with E-state index in [0.717, 1.165) is 17.0 Å². The summed E-state index contributed by atoms with van der Waals surface area (Å²) in [7, 11) is 3.75. The lowest BCUT2D eigenvalue weighted by Crippen LogP contribution is -2.27. The molecule has 0 fully saturated rings. The lowest BCUT2D eigenvalue weighted by molar-refractivity contribution is 0.414. The van der Waals surface area contributed by atoms with Gasteiger partial charge in [0.2, 0.25) is 0 Å². The summed E-state index contributed by atoms with van der Waals surface area (Å²) < 4.78 is 5.22. The quantitative estimate of drug-likeness (QED) is 0.822. The molecule has 1 aromatic rings. The van der Waals surface area contributed by atoms with Gasteiger partial charge in [0.25, 0.3) is 0 Å². The van der Waals surface area contributed by atoms with Crippen LogP contribution in [0.5, 0.6) is 5.75 Å². The van der Waals surface area contributed by atoms with Gasteiger partial charge < -0.3 is 15.4 Å². The lowest BCUT2D eigenvalue weighted by Gasteiger charge is -2.26. The fraction of sp³-hybridized carbons (Fsp3) is 0.500. The molecule has 0 atom stereocenters. The van der Waals surface area contributed by atoms with Gasteiger partial charge in [0.15, 0.2) is 0 Å². The second kappa shape index (κ2) is 5.03. The molecule has 0 saturated carbocycles. The summed E-state index contributed by atoms with van der Waals surface area (Å²) in [6.45, 7) is 4.86. The van der Waals surface area contributed by atoms with Crippen LogP contribution in [0.4, 0.5) is 5.69 Å². The molecular weight excluding hydrogens is 188 g/mol. The van der Waals surface area contributed by atoms with Crippen LogP contribution in [0.15, 0.2) is 18.2 Å². The Morgan fingerprint density at radius 3 is 2.53 bits per heavy atom. The van der Waals surface area contributed by atoms with Gasteiger partial charge in [-0.15, -0.1) is 0 Å². The van der Waals surface area contributed by atoms with E-state index in [4.69, 9.17) is 10.5 Å². The fourth-order valence-corrected chi connectivity index (χ4v) is 1.45. The summed E-state index contributed by atoms with van der Waals surface area (Å²) in [5.74, 6) is 0.870. The SMILES string of the molecule is COc1ccc(CN)c(N(C)C(C)C)c1. The standard InChI is InChI=1S/C12H20N2O/c1-9(2)14(3)12-7-11(15-4)6-5-10(12)8-13/h5-7,9H,8,13H2,1-4H3. The van der Waals surface area contributed by atoms with Crippen molar-refractivity contribution in [2.75, 3.05) is 19.1 Å². The molecule has 1 rings (SSSR count). The average molecular weight is 208 g/mol. The van der Waals surface area contributed by atoms with Crippen LogP contribution in [0.2, 0.25) is 0 Å². The Balaban J connectivity index is 3.11. The third-order valence-corrected chi connectivity index (χ3v) is 2.67. The molecule has 0 aliphatic rings. The van der Waals surface area contributed by atoms with Crippen molar-refractivity contribution in [2.24, 2.45) is 5.73 Å². The summed E-state index contributed by atoms with van der Waals surface area (Å²) >= 11 is 0. The first-order valence-corrected chi connectivity index (χ1v) is 5.20. The van der Waals surface area contributed by atoms with Crippen molar-refractivity contribution in [2.45, 2.75) is 26.4 Å². The third kappa shape index (κ3) is 2.63. The number of nitrogens with zero attached hydrogens (tertiary/aromatic N) is 1. The van der Waals surface area contributed by atoms with Crippen LogP contribution in [0.25, 0.3) is 0 Å². The van der Waals surface area contributed by atoms with E-state index in [-0.39, 0.29) is 0 Å². The Labute approximate surface area is 91.8 Å². The normalized spacial score (nSPS) is 10.5. The highest BCUT2D eigenvalue weighted by atomic mass is 16.5. The van der Waals surface area contributed by atoms with Crippen molar-refractivity contribution in [1.29, 1.82) is 0 Å². The molecule has 0 saturated heterocycles. The molecular formula is C12H20N2O. The Kier molecular flexibility index (Phi) is 3.97. The molecule has 0 heterocycles. The number of nitrogens with two attached hydrogens (primary N) is 1. The van der Waals surface area contributed by atoms with E-state index in [0.29, 0.717) is 12.6 Å². The molecule has 0 unspecified atom stereocenters. The van der Waals surface area contributed by atoms with E-state index < -0.39 is 0 Å². The van der Waals surface area contributed by atoms with Gasteiger partial charge >= 0.3 is 0 Å². The van der Waals surface area contributed by atoms with Crippen molar-refractivity contribution >= 4 is 5.69 Å². The van der Waals surface area contributed by atoms with Crippen molar-refractivity contribution in [3.8, 4) is 5.75 Å². The van der Waals surface area contributed by atoms with E-state index in [1.54, 1.807) is 7.11 Å². The van der Waals surface area contributed by atoms with Crippen LogP contribution in [0.3, 0.4) is 0 Å². The summed E-state index contributed by atoms with van der Waals surface area (Å²) in [5.41, 5.74) is 8.00. The molecule has 0 radical (unpaired) electrons. The number of rotatable bonds is 4. The van der Waals surface area contributed by atoms with Crippen LogP contribution in [-0.2, 0) is 6.54 Å². The summed E-state index contributed by atoms with van der Waals surface area (Å²) in [4.78, 5) is 2.20. The Morgan fingerprint density at radius 2 is 2.07 bits per heavy atom. The highest BCUT2D eigenvalue weighted by Crippen LogP contribution is 2.26. The molecule has 3 nitrogen and oxygen atoms in total. The summed E-state index contributed by atoms with van der Waals surface area (Å²) in [6.07, 6.45) is 0. The number of ether oxygens (including phenoxy) is 1. The number of benzene rings is 1. The molecule has 0 aliphatic carbocycles. The maximum absolute atomic E-state index is 5.71. The minimum atomic E-state index is 0.447. The molecule has 0 aromatic heterocycles. The maximum atomic E-state index is 5.71. The van der Waals surface area contributed by atoms with E-state index in [1.807, 2.05) is 18.2 Å². The predicted octanol–water partition coefficient (Wildman–Crippen LogP) is 2.00. The minimum absolute atomic E-state index is 0.447. The van der Waals surface area contributed by atoms with Crippen molar-refractivity contribution in [3.05, 3.63) is 23.8 Å². The van der Waals surface area contributed by atoms with Gasteiger partial charge in [0, 0.05) is 31.4 Å². The Bertz CT molecular complexity index is 323. The first kappa shape index (κ1) is 11.9. The molecule has 15 heavy (non-hydrogen) atoms. The average Bonchev–Trinajstić information content (AvgIpc) is 2.27.